The van der Waals surface area contributed by atoms with Gasteiger partial charge in [-0.1, -0.05) is 56.1 Å². The van der Waals surface area contributed by atoms with Gasteiger partial charge in [0.25, 0.3) is 5.91 Å². The molecule has 140 valence electrons. The third-order valence-electron chi connectivity index (χ3n) is 4.15. The van der Waals surface area contributed by atoms with Gasteiger partial charge in [-0.05, 0) is 35.2 Å². The van der Waals surface area contributed by atoms with Crippen LogP contribution in [-0.4, -0.2) is 17.0 Å². The first-order chi connectivity index (χ1) is 12.6. The summed E-state index contributed by atoms with van der Waals surface area (Å²) < 4.78 is 5.34. The summed E-state index contributed by atoms with van der Waals surface area (Å²) in [4.78, 5) is 24.2. The maximum absolute atomic E-state index is 12.6. The summed E-state index contributed by atoms with van der Waals surface area (Å²) in [6.07, 6.45) is 0. The summed E-state index contributed by atoms with van der Waals surface area (Å²) in [7, 11) is 0. The second-order valence-electron chi connectivity index (χ2n) is 7.16. The van der Waals surface area contributed by atoms with E-state index in [0.29, 0.717) is 16.0 Å². The van der Waals surface area contributed by atoms with E-state index in [1.54, 1.807) is 12.1 Å². The predicted octanol–water partition coefficient (Wildman–Crippen LogP) is 5.99. The van der Waals surface area contributed by atoms with E-state index >= 15 is 0 Å². The number of rotatable bonds is 3. The number of carbonyl (C=O) groups excluding carboxylic acids is 1. The van der Waals surface area contributed by atoms with Crippen molar-refractivity contribution in [1.82, 2.24) is 0 Å². The third-order valence-corrected chi connectivity index (χ3v) is 4.65. The summed E-state index contributed by atoms with van der Waals surface area (Å²) in [6.45, 7) is 6.23. The van der Waals surface area contributed by atoms with Crippen molar-refractivity contribution in [2.75, 3.05) is 5.32 Å². The Bertz CT molecular complexity index is 1050. The monoisotopic (exact) mass is 405 g/mol. The summed E-state index contributed by atoms with van der Waals surface area (Å²) in [5, 5.41) is 12.8. The minimum absolute atomic E-state index is 0.0202. The van der Waals surface area contributed by atoms with Gasteiger partial charge in [0, 0.05) is 16.0 Å². The second kappa shape index (κ2) is 6.91. The molecule has 0 unspecified atom stereocenters. The van der Waals surface area contributed by atoms with Gasteiger partial charge in [-0.2, -0.15) is 0 Å². The molecule has 0 aliphatic heterocycles. The first-order valence-corrected chi connectivity index (χ1v) is 8.90. The molecule has 0 bridgehead atoms. The minimum atomic E-state index is -1.32. The largest absolute Gasteiger partial charge is 0.475 e. The van der Waals surface area contributed by atoms with Crippen LogP contribution in [0, 0.1) is 0 Å². The Morgan fingerprint density at radius 2 is 1.70 bits per heavy atom. The van der Waals surface area contributed by atoms with Crippen molar-refractivity contribution in [3.63, 3.8) is 0 Å². The number of nitrogens with one attached hydrogen (secondary N) is 1. The average molecular weight is 406 g/mol. The number of hydrogen-bond acceptors (Lipinski definition) is 3. The number of amides is 1. The molecule has 3 aromatic rings. The molecule has 2 N–H and O–H groups in total. The van der Waals surface area contributed by atoms with Crippen LogP contribution >= 0.6 is 23.2 Å². The van der Waals surface area contributed by atoms with Gasteiger partial charge in [0.1, 0.15) is 5.69 Å². The lowest BCUT2D eigenvalue weighted by atomic mass is 9.87. The van der Waals surface area contributed by atoms with Gasteiger partial charge in [0.05, 0.1) is 5.02 Å². The van der Waals surface area contributed by atoms with Gasteiger partial charge < -0.3 is 14.8 Å². The molecule has 0 radical (unpaired) electrons. The van der Waals surface area contributed by atoms with Gasteiger partial charge in [0.15, 0.2) is 5.58 Å². The molecule has 27 heavy (non-hydrogen) atoms. The first kappa shape index (κ1) is 19.3. The Morgan fingerprint density at radius 3 is 2.26 bits per heavy atom. The third kappa shape index (κ3) is 3.80. The van der Waals surface area contributed by atoms with Gasteiger partial charge in [-0.15, -0.1) is 0 Å². The highest BCUT2D eigenvalue weighted by molar-refractivity contribution is 6.39. The number of anilines is 1. The van der Waals surface area contributed by atoms with Crippen LogP contribution in [0.5, 0.6) is 0 Å². The lowest BCUT2D eigenvalue weighted by Gasteiger charge is -2.19. The van der Waals surface area contributed by atoms with Gasteiger partial charge in [0.2, 0.25) is 5.76 Å². The van der Waals surface area contributed by atoms with Crippen LogP contribution in [-0.2, 0) is 5.41 Å². The fourth-order valence-electron chi connectivity index (χ4n) is 2.71. The van der Waals surface area contributed by atoms with Crippen LogP contribution in [0.1, 0.15) is 47.2 Å². The topological polar surface area (TPSA) is 79.5 Å². The van der Waals surface area contributed by atoms with E-state index in [2.05, 4.69) is 26.1 Å². The Kier molecular flexibility index (Phi) is 4.93. The zero-order chi connectivity index (χ0) is 19.9. The van der Waals surface area contributed by atoms with Crippen LogP contribution in [0.2, 0.25) is 10.0 Å². The first-order valence-electron chi connectivity index (χ1n) is 8.14. The smallest absolute Gasteiger partial charge is 0.374 e. The zero-order valence-corrected chi connectivity index (χ0v) is 16.4. The van der Waals surface area contributed by atoms with E-state index in [4.69, 9.17) is 27.6 Å². The number of benzene rings is 2. The standard InChI is InChI=1S/C20H17Cl2NO4/c1-20(2,3)11-6-4-10(5-7-11)18(24)23-15-13-8-12(21)9-14(22)16(13)27-17(15)19(25)26/h4-9H,1-3H3,(H,23,24)(H,25,26). The van der Waals surface area contributed by atoms with Crippen molar-refractivity contribution in [2.24, 2.45) is 0 Å². The molecule has 0 saturated heterocycles. The van der Waals surface area contributed by atoms with Crippen LogP contribution in [0.25, 0.3) is 11.0 Å². The predicted molar refractivity (Wildman–Crippen MR) is 106 cm³/mol. The van der Waals surface area contributed by atoms with Crippen LogP contribution < -0.4 is 5.32 Å². The Balaban J connectivity index is 2.02. The molecule has 1 amide bonds. The Morgan fingerprint density at radius 1 is 1.07 bits per heavy atom. The van der Waals surface area contributed by atoms with Gasteiger partial charge in [-0.3, -0.25) is 4.79 Å². The summed E-state index contributed by atoms with van der Waals surface area (Å²) in [6, 6.07) is 10.1. The van der Waals surface area contributed by atoms with Crippen molar-refractivity contribution < 1.29 is 19.1 Å². The van der Waals surface area contributed by atoms with E-state index in [-0.39, 0.29) is 21.7 Å². The molecule has 7 heteroatoms. The number of carboxylic acid groups (broad SMARTS) is 1. The molecule has 1 aromatic heterocycles. The van der Waals surface area contributed by atoms with E-state index in [9.17, 15) is 14.7 Å². The van der Waals surface area contributed by atoms with Crippen molar-refractivity contribution >= 4 is 51.7 Å². The molecule has 3 rings (SSSR count). The molecule has 2 aromatic carbocycles. The second-order valence-corrected chi connectivity index (χ2v) is 8.00. The lowest BCUT2D eigenvalue weighted by Crippen LogP contribution is -2.15. The molecular formula is C20H17Cl2NO4. The Hall–Kier alpha value is -2.50. The molecule has 5 nitrogen and oxygen atoms in total. The van der Waals surface area contributed by atoms with Gasteiger partial charge in [-0.25, -0.2) is 4.79 Å². The van der Waals surface area contributed by atoms with Crippen molar-refractivity contribution in [2.45, 2.75) is 26.2 Å². The zero-order valence-electron chi connectivity index (χ0n) is 14.9. The fraction of sp³-hybridized carbons (Fsp3) is 0.200. The summed E-state index contributed by atoms with van der Waals surface area (Å²) in [5.74, 6) is -2.19. The van der Waals surface area contributed by atoms with Gasteiger partial charge >= 0.3 is 5.97 Å². The normalized spacial score (nSPS) is 11.6. The highest BCUT2D eigenvalue weighted by Gasteiger charge is 2.24. The maximum atomic E-state index is 12.6. The van der Waals surface area contributed by atoms with Crippen molar-refractivity contribution in [3.8, 4) is 0 Å². The van der Waals surface area contributed by atoms with Crippen LogP contribution in [0.4, 0.5) is 5.69 Å². The van der Waals surface area contributed by atoms with E-state index < -0.39 is 17.6 Å². The maximum Gasteiger partial charge on any atom is 0.374 e. The SMILES string of the molecule is CC(C)(C)c1ccc(C(=O)Nc2c(C(=O)O)oc3c(Cl)cc(Cl)cc23)cc1. The van der Waals surface area contributed by atoms with E-state index in [0.717, 1.165) is 5.56 Å². The number of carboxylic acids is 1. The molecule has 0 atom stereocenters. The lowest BCUT2D eigenvalue weighted by molar-refractivity contribution is 0.0666. The molecule has 0 spiro atoms. The Labute approximate surface area is 165 Å². The molecule has 1 heterocycles. The number of hydrogen-bond donors (Lipinski definition) is 2. The summed E-state index contributed by atoms with van der Waals surface area (Å²) >= 11 is 12.1. The van der Waals surface area contributed by atoms with Crippen LogP contribution in [0.15, 0.2) is 40.8 Å². The molecule has 0 saturated carbocycles. The van der Waals surface area contributed by atoms with Crippen molar-refractivity contribution in [3.05, 3.63) is 63.3 Å². The number of halogens is 2. The number of fused-ring (bicyclic) bond motifs is 1. The quantitative estimate of drug-likeness (QED) is 0.560. The molecule has 0 aliphatic carbocycles. The number of furan rings is 1. The molecule has 0 aliphatic rings. The number of carbonyl (C=O) groups is 2. The van der Waals surface area contributed by atoms with Crippen molar-refractivity contribution in [1.29, 1.82) is 0 Å². The van der Waals surface area contributed by atoms with Crippen LogP contribution in [0.3, 0.4) is 0 Å². The highest BCUT2D eigenvalue weighted by atomic mass is 35.5. The molecular weight excluding hydrogens is 389 g/mol. The minimum Gasteiger partial charge on any atom is -0.475 e. The number of aromatic carboxylic acids is 1. The summed E-state index contributed by atoms with van der Waals surface area (Å²) in [5.41, 5.74) is 1.60. The van der Waals surface area contributed by atoms with E-state index in [1.807, 2.05) is 12.1 Å². The fourth-order valence-corrected chi connectivity index (χ4v) is 3.24. The van der Waals surface area contributed by atoms with E-state index in [1.165, 1.54) is 12.1 Å². The highest BCUT2D eigenvalue weighted by Crippen LogP contribution is 2.37. The average Bonchev–Trinajstić information content (AvgIpc) is 2.93. The molecule has 0 fully saturated rings.